The summed E-state index contributed by atoms with van der Waals surface area (Å²) in [5.41, 5.74) is 1.14. The summed E-state index contributed by atoms with van der Waals surface area (Å²) in [5.74, 6) is 0.475. The molecule has 0 radical (unpaired) electrons. The van der Waals surface area contributed by atoms with Crippen molar-refractivity contribution in [3.63, 3.8) is 0 Å². The van der Waals surface area contributed by atoms with Gasteiger partial charge in [-0.05, 0) is 30.8 Å². The first-order valence-electron chi connectivity index (χ1n) is 5.19. The first-order chi connectivity index (χ1) is 6.65. The van der Waals surface area contributed by atoms with Crippen LogP contribution in [0.4, 0.5) is 0 Å². The normalized spacial score (nSPS) is 13.5. The summed E-state index contributed by atoms with van der Waals surface area (Å²) in [6.07, 6.45) is 1.16. The lowest BCUT2D eigenvalue weighted by Crippen LogP contribution is -2.24. The zero-order chi connectivity index (χ0) is 10.6. The van der Waals surface area contributed by atoms with Gasteiger partial charge in [0, 0.05) is 12.6 Å². The van der Waals surface area contributed by atoms with Crippen LogP contribution in [0.1, 0.15) is 50.6 Å². The van der Waals surface area contributed by atoms with E-state index in [4.69, 9.17) is 0 Å². The molecule has 1 N–H and O–H groups in total. The van der Waals surface area contributed by atoms with E-state index in [1.165, 1.54) is 16.4 Å². The Balaban J connectivity index is 2.54. The van der Waals surface area contributed by atoms with Gasteiger partial charge in [0.1, 0.15) is 0 Å². The minimum atomic E-state index is 0.475. The number of hydrogen-bond donors (Lipinski definition) is 1. The number of nitrogens with one attached hydrogen (secondary N) is 1. The van der Waals surface area contributed by atoms with Crippen molar-refractivity contribution < 1.29 is 0 Å². The standard InChI is InChI=1S/C10H19N3S/c1-5-8(4)11-6-9-10(7(2)3)12-13-14-9/h7-8,11H,5-6H2,1-4H3. The molecule has 1 rings (SSSR count). The van der Waals surface area contributed by atoms with E-state index in [1.807, 2.05) is 0 Å². The number of rotatable bonds is 5. The maximum absolute atomic E-state index is 4.15. The third kappa shape index (κ3) is 3.03. The average Bonchev–Trinajstić information content (AvgIpc) is 2.62. The summed E-state index contributed by atoms with van der Waals surface area (Å²) < 4.78 is 4.00. The molecule has 0 spiro atoms. The Morgan fingerprint density at radius 3 is 2.64 bits per heavy atom. The van der Waals surface area contributed by atoms with E-state index in [-0.39, 0.29) is 0 Å². The van der Waals surface area contributed by atoms with E-state index < -0.39 is 0 Å². The van der Waals surface area contributed by atoms with Crippen molar-refractivity contribution in [3.8, 4) is 0 Å². The molecule has 3 nitrogen and oxygen atoms in total. The Hall–Kier alpha value is -0.480. The second-order valence-corrected chi connectivity index (χ2v) is 4.76. The molecule has 0 saturated heterocycles. The van der Waals surface area contributed by atoms with Crippen LogP contribution in [0.15, 0.2) is 0 Å². The van der Waals surface area contributed by atoms with Crippen LogP contribution in [-0.2, 0) is 6.54 Å². The minimum Gasteiger partial charge on any atom is -0.309 e. The van der Waals surface area contributed by atoms with Gasteiger partial charge in [0.05, 0.1) is 10.6 Å². The monoisotopic (exact) mass is 213 g/mol. The molecule has 1 unspecified atom stereocenters. The van der Waals surface area contributed by atoms with Gasteiger partial charge in [0.25, 0.3) is 0 Å². The van der Waals surface area contributed by atoms with Gasteiger partial charge in [0.15, 0.2) is 0 Å². The Morgan fingerprint density at radius 2 is 2.07 bits per heavy atom. The van der Waals surface area contributed by atoms with Crippen molar-refractivity contribution in [1.82, 2.24) is 14.9 Å². The fourth-order valence-electron chi connectivity index (χ4n) is 1.19. The van der Waals surface area contributed by atoms with Crippen molar-refractivity contribution in [2.75, 3.05) is 0 Å². The van der Waals surface area contributed by atoms with Gasteiger partial charge >= 0.3 is 0 Å². The van der Waals surface area contributed by atoms with Gasteiger partial charge in [0.2, 0.25) is 0 Å². The molecule has 0 aliphatic carbocycles. The van der Waals surface area contributed by atoms with Crippen LogP contribution in [0.3, 0.4) is 0 Å². The highest BCUT2D eigenvalue weighted by molar-refractivity contribution is 7.05. The lowest BCUT2D eigenvalue weighted by molar-refractivity contribution is 0.534. The summed E-state index contributed by atoms with van der Waals surface area (Å²) in [5, 5.41) is 7.61. The molecule has 0 aliphatic rings. The zero-order valence-electron chi connectivity index (χ0n) is 9.37. The molecule has 0 saturated carbocycles. The fourth-order valence-corrected chi connectivity index (χ4v) is 1.93. The fraction of sp³-hybridized carbons (Fsp3) is 0.800. The van der Waals surface area contributed by atoms with Crippen LogP contribution < -0.4 is 5.32 Å². The Bertz CT molecular complexity index is 270. The molecule has 1 aromatic heterocycles. The molecule has 1 atom stereocenters. The van der Waals surface area contributed by atoms with E-state index in [2.05, 4.69) is 42.6 Å². The molecule has 0 aromatic carbocycles. The Labute approximate surface area is 90.1 Å². The van der Waals surface area contributed by atoms with E-state index in [0.717, 1.165) is 18.7 Å². The van der Waals surface area contributed by atoms with Gasteiger partial charge in [-0.1, -0.05) is 25.3 Å². The Kier molecular flexibility index (Phi) is 4.48. The van der Waals surface area contributed by atoms with Crippen molar-refractivity contribution in [2.45, 2.75) is 52.6 Å². The third-order valence-corrected chi connectivity index (χ3v) is 3.09. The highest BCUT2D eigenvalue weighted by atomic mass is 32.1. The number of aromatic nitrogens is 2. The molecule has 0 bridgehead atoms. The molecule has 0 aliphatic heterocycles. The van der Waals surface area contributed by atoms with Crippen molar-refractivity contribution in [2.24, 2.45) is 0 Å². The van der Waals surface area contributed by atoms with E-state index in [0.29, 0.717) is 12.0 Å². The molecule has 4 heteroatoms. The van der Waals surface area contributed by atoms with Gasteiger partial charge in [-0.3, -0.25) is 0 Å². The largest absolute Gasteiger partial charge is 0.309 e. The molecule has 0 amide bonds. The van der Waals surface area contributed by atoms with Crippen molar-refractivity contribution >= 4 is 11.5 Å². The highest BCUT2D eigenvalue weighted by Gasteiger charge is 2.11. The molecular weight excluding hydrogens is 194 g/mol. The van der Waals surface area contributed by atoms with Crippen LogP contribution in [0.2, 0.25) is 0 Å². The second-order valence-electron chi connectivity index (χ2n) is 3.93. The molecule has 0 fully saturated rings. The van der Waals surface area contributed by atoms with E-state index in [9.17, 15) is 0 Å². The van der Waals surface area contributed by atoms with Gasteiger partial charge in [-0.15, -0.1) is 5.10 Å². The van der Waals surface area contributed by atoms with Gasteiger partial charge in [-0.25, -0.2) is 0 Å². The smallest absolute Gasteiger partial charge is 0.0826 e. The zero-order valence-corrected chi connectivity index (χ0v) is 10.2. The van der Waals surface area contributed by atoms with Crippen LogP contribution in [0.5, 0.6) is 0 Å². The lowest BCUT2D eigenvalue weighted by Gasteiger charge is -2.10. The summed E-state index contributed by atoms with van der Waals surface area (Å²) in [4.78, 5) is 1.28. The molecule has 14 heavy (non-hydrogen) atoms. The molecule has 80 valence electrons. The summed E-state index contributed by atoms with van der Waals surface area (Å²) >= 11 is 1.51. The minimum absolute atomic E-state index is 0.475. The topological polar surface area (TPSA) is 37.8 Å². The maximum atomic E-state index is 4.15. The highest BCUT2D eigenvalue weighted by Crippen LogP contribution is 2.19. The number of hydrogen-bond acceptors (Lipinski definition) is 4. The van der Waals surface area contributed by atoms with E-state index in [1.54, 1.807) is 0 Å². The van der Waals surface area contributed by atoms with Crippen LogP contribution in [0.25, 0.3) is 0 Å². The van der Waals surface area contributed by atoms with E-state index >= 15 is 0 Å². The first kappa shape index (κ1) is 11.6. The molecular formula is C10H19N3S. The van der Waals surface area contributed by atoms with Crippen molar-refractivity contribution in [3.05, 3.63) is 10.6 Å². The summed E-state index contributed by atoms with van der Waals surface area (Å²) in [6, 6.07) is 0.567. The molecule has 1 heterocycles. The Morgan fingerprint density at radius 1 is 1.36 bits per heavy atom. The molecule has 1 aromatic rings. The maximum Gasteiger partial charge on any atom is 0.0826 e. The third-order valence-electron chi connectivity index (χ3n) is 2.36. The predicted molar refractivity (Wildman–Crippen MR) is 60.6 cm³/mol. The van der Waals surface area contributed by atoms with Gasteiger partial charge in [-0.2, -0.15) is 0 Å². The SMILES string of the molecule is CCC(C)NCc1snnc1C(C)C. The number of nitrogens with zero attached hydrogens (tertiary/aromatic N) is 2. The first-order valence-corrected chi connectivity index (χ1v) is 5.97. The summed E-state index contributed by atoms with van der Waals surface area (Å²) in [6.45, 7) is 9.60. The quantitative estimate of drug-likeness (QED) is 0.817. The van der Waals surface area contributed by atoms with Crippen LogP contribution in [0, 0.1) is 0 Å². The second kappa shape index (κ2) is 5.41. The predicted octanol–water partition coefficient (Wildman–Crippen LogP) is 2.55. The average molecular weight is 213 g/mol. The van der Waals surface area contributed by atoms with Crippen molar-refractivity contribution in [1.29, 1.82) is 0 Å². The van der Waals surface area contributed by atoms with Crippen LogP contribution in [-0.4, -0.2) is 15.6 Å². The summed E-state index contributed by atoms with van der Waals surface area (Å²) in [7, 11) is 0. The lowest BCUT2D eigenvalue weighted by atomic mass is 10.1. The van der Waals surface area contributed by atoms with Crippen LogP contribution >= 0.6 is 11.5 Å². The van der Waals surface area contributed by atoms with Gasteiger partial charge < -0.3 is 5.32 Å².